The molecule has 0 saturated heterocycles. The summed E-state index contributed by atoms with van der Waals surface area (Å²) in [7, 11) is 1.38. The molecular formula is C15H12N2O2. The molecule has 2 aromatic rings. The Hall–Kier alpha value is -2.62. The Balaban J connectivity index is 2.03. The lowest BCUT2D eigenvalue weighted by Crippen LogP contribution is -2.01. The molecule has 1 aliphatic heterocycles. The predicted molar refractivity (Wildman–Crippen MR) is 74.6 cm³/mol. The van der Waals surface area contributed by atoms with Gasteiger partial charge in [-0.25, -0.2) is 4.79 Å². The van der Waals surface area contributed by atoms with Crippen molar-refractivity contribution < 1.29 is 9.53 Å². The number of hydrogen-bond donors (Lipinski definition) is 1. The van der Waals surface area contributed by atoms with Gasteiger partial charge in [0.2, 0.25) is 0 Å². The average Bonchev–Trinajstić information content (AvgIpc) is 3.08. The molecule has 0 amide bonds. The molecule has 94 valence electrons. The van der Waals surface area contributed by atoms with Gasteiger partial charge in [-0.15, -0.1) is 0 Å². The van der Waals surface area contributed by atoms with Gasteiger partial charge in [0, 0.05) is 29.2 Å². The van der Waals surface area contributed by atoms with E-state index in [1.165, 1.54) is 7.11 Å². The maximum Gasteiger partial charge on any atom is 0.337 e. The fourth-order valence-corrected chi connectivity index (χ4v) is 2.05. The van der Waals surface area contributed by atoms with Gasteiger partial charge in [0.05, 0.1) is 18.4 Å². The van der Waals surface area contributed by atoms with Gasteiger partial charge in [-0.1, -0.05) is 0 Å². The van der Waals surface area contributed by atoms with E-state index in [1.807, 2.05) is 36.5 Å². The lowest BCUT2D eigenvalue weighted by molar-refractivity contribution is 0.0601. The Bertz CT molecular complexity index is 682. The Morgan fingerprint density at radius 1 is 1.37 bits per heavy atom. The number of aromatic nitrogens is 1. The normalized spacial score (nSPS) is 14.7. The van der Waals surface area contributed by atoms with Crippen LogP contribution in [-0.4, -0.2) is 24.3 Å². The van der Waals surface area contributed by atoms with E-state index in [4.69, 9.17) is 4.74 Å². The molecule has 0 atom stereocenters. The summed E-state index contributed by atoms with van der Waals surface area (Å²) >= 11 is 0. The molecule has 2 heterocycles. The van der Waals surface area contributed by atoms with E-state index in [0.717, 1.165) is 22.5 Å². The van der Waals surface area contributed by atoms with Crippen molar-refractivity contribution in [2.24, 2.45) is 4.99 Å². The third-order valence-electron chi connectivity index (χ3n) is 3.00. The molecule has 1 N–H and O–H groups in total. The smallest absolute Gasteiger partial charge is 0.337 e. The highest BCUT2D eigenvalue weighted by molar-refractivity contribution is 6.21. The van der Waals surface area contributed by atoms with Gasteiger partial charge in [0.1, 0.15) is 0 Å². The minimum Gasteiger partial charge on any atom is -0.465 e. The molecule has 0 fully saturated rings. The zero-order valence-electron chi connectivity index (χ0n) is 10.4. The monoisotopic (exact) mass is 252 g/mol. The maximum absolute atomic E-state index is 11.5. The highest BCUT2D eigenvalue weighted by Gasteiger charge is 2.15. The number of nitrogens with zero attached hydrogens (tertiary/aromatic N) is 1. The summed E-state index contributed by atoms with van der Waals surface area (Å²) in [5.74, 6) is -0.339. The van der Waals surface area contributed by atoms with E-state index in [2.05, 4.69) is 9.98 Å². The first-order valence-corrected chi connectivity index (χ1v) is 5.90. The summed E-state index contributed by atoms with van der Waals surface area (Å²) in [6.45, 7) is 0. The zero-order chi connectivity index (χ0) is 13.2. The van der Waals surface area contributed by atoms with E-state index in [1.54, 1.807) is 12.3 Å². The van der Waals surface area contributed by atoms with Gasteiger partial charge in [0.15, 0.2) is 0 Å². The molecule has 0 aliphatic carbocycles. The zero-order valence-corrected chi connectivity index (χ0v) is 10.4. The number of methoxy groups -OCH3 is 1. The van der Waals surface area contributed by atoms with Crippen molar-refractivity contribution in [2.45, 2.75) is 0 Å². The molecule has 19 heavy (non-hydrogen) atoms. The predicted octanol–water partition coefficient (Wildman–Crippen LogP) is 3.06. The number of aromatic amines is 1. The summed E-state index contributed by atoms with van der Waals surface area (Å²) in [6.07, 6.45) is 5.66. The topological polar surface area (TPSA) is 54.5 Å². The Morgan fingerprint density at radius 3 is 3.00 bits per heavy atom. The molecule has 1 aromatic heterocycles. The number of allylic oxidation sites excluding steroid dienone is 1. The number of carbonyl (C=O) groups excluding carboxylic acids is 1. The number of benzene rings is 1. The Kier molecular flexibility index (Phi) is 2.76. The van der Waals surface area contributed by atoms with Crippen LogP contribution in [0.25, 0.3) is 11.6 Å². The SMILES string of the molecule is COC(=O)c1ccc2c(c1)C(=Cc1ccc[nH]1)C=N2. The minimum atomic E-state index is -0.339. The first kappa shape index (κ1) is 11.5. The van der Waals surface area contributed by atoms with Gasteiger partial charge in [-0.2, -0.15) is 0 Å². The second kappa shape index (κ2) is 4.57. The molecular weight excluding hydrogens is 240 g/mol. The van der Waals surface area contributed by atoms with Crippen molar-refractivity contribution in [3.8, 4) is 0 Å². The molecule has 0 radical (unpaired) electrons. The van der Waals surface area contributed by atoms with E-state index >= 15 is 0 Å². The fourth-order valence-electron chi connectivity index (χ4n) is 2.05. The third kappa shape index (κ3) is 2.08. The van der Waals surface area contributed by atoms with E-state index in [-0.39, 0.29) is 5.97 Å². The largest absolute Gasteiger partial charge is 0.465 e. The number of H-pyrrole nitrogens is 1. The van der Waals surface area contributed by atoms with Crippen LogP contribution >= 0.6 is 0 Å². The minimum absolute atomic E-state index is 0.339. The first-order valence-electron chi connectivity index (χ1n) is 5.90. The van der Waals surface area contributed by atoms with Gasteiger partial charge < -0.3 is 9.72 Å². The van der Waals surface area contributed by atoms with Crippen molar-refractivity contribution in [3.63, 3.8) is 0 Å². The number of fused-ring (bicyclic) bond motifs is 1. The number of ether oxygens (including phenoxy) is 1. The van der Waals surface area contributed by atoms with Crippen LogP contribution in [0.2, 0.25) is 0 Å². The standard InChI is InChI=1S/C15H12N2O2/c1-19-15(18)10-4-5-14-13(8-10)11(9-17-14)7-12-3-2-6-16-12/h2-9,16H,1H3. The molecule has 4 heteroatoms. The molecule has 0 bridgehead atoms. The maximum atomic E-state index is 11.5. The highest BCUT2D eigenvalue weighted by atomic mass is 16.5. The Morgan fingerprint density at radius 2 is 2.26 bits per heavy atom. The lowest BCUT2D eigenvalue weighted by atomic mass is 10.0. The summed E-state index contributed by atoms with van der Waals surface area (Å²) < 4.78 is 4.73. The van der Waals surface area contributed by atoms with Crippen LogP contribution in [0, 0.1) is 0 Å². The van der Waals surface area contributed by atoms with Crippen LogP contribution in [0.3, 0.4) is 0 Å². The van der Waals surface area contributed by atoms with Crippen LogP contribution < -0.4 is 0 Å². The van der Waals surface area contributed by atoms with E-state index in [9.17, 15) is 4.79 Å². The van der Waals surface area contributed by atoms with Crippen molar-refractivity contribution >= 4 is 29.5 Å². The molecule has 3 rings (SSSR count). The summed E-state index contributed by atoms with van der Waals surface area (Å²) in [4.78, 5) is 19.0. The van der Waals surface area contributed by atoms with Crippen molar-refractivity contribution in [1.29, 1.82) is 0 Å². The van der Waals surface area contributed by atoms with Crippen molar-refractivity contribution in [2.75, 3.05) is 7.11 Å². The lowest BCUT2D eigenvalue weighted by Gasteiger charge is -2.03. The fraction of sp³-hybridized carbons (Fsp3) is 0.0667. The molecule has 0 unspecified atom stereocenters. The van der Waals surface area contributed by atoms with E-state index in [0.29, 0.717) is 5.56 Å². The number of esters is 1. The van der Waals surface area contributed by atoms with Crippen LogP contribution in [0.4, 0.5) is 5.69 Å². The Labute approximate surface area is 110 Å². The second-order valence-electron chi connectivity index (χ2n) is 4.21. The quantitative estimate of drug-likeness (QED) is 0.835. The van der Waals surface area contributed by atoms with Crippen LogP contribution in [0.5, 0.6) is 0 Å². The third-order valence-corrected chi connectivity index (χ3v) is 3.00. The van der Waals surface area contributed by atoms with Crippen molar-refractivity contribution in [1.82, 2.24) is 4.98 Å². The summed E-state index contributed by atoms with van der Waals surface area (Å²) in [6, 6.07) is 9.27. The molecule has 1 aromatic carbocycles. The van der Waals surface area contributed by atoms with Crippen molar-refractivity contribution in [3.05, 3.63) is 53.3 Å². The average molecular weight is 252 g/mol. The number of hydrogen-bond acceptors (Lipinski definition) is 3. The molecule has 0 spiro atoms. The molecule has 1 aliphatic rings. The van der Waals surface area contributed by atoms with Crippen LogP contribution in [0.15, 0.2) is 41.5 Å². The van der Waals surface area contributed by atoms with Crippen LogP contribution in [0.1, 0.15) is 21.6 Å². The first-order chi connectivity index (χ1) is 9.28. The van der Waals surface area contributed by atoms with E-state index < -0.39 is 0 Å². The second-order valence-corrected chi connectivity index (χ2v) is 4.21. The summed E-state index contributed by atoms with van der Waals surface area (Å²) in [5, 5.41) is 0. The van der Waals surface area contributed by atoms with Gasteiger partial charge in [-0.05, 0) is 36.4 Å². The number of rotatable bonds is 2. The highest BCUT2D eigenvalue weighted by Crippen LogP contribution is 2.33. The molecule has 0 saturated carbocycles. The molecule has 4 nitrogen and oxygen atoms in total. The number of nitrogens with one attached hydrogen (secondary N) is 1. The summed E-state index contributed by atoms with van der Waals surface area (Å²) in [5.41, 5.74) is 4.31. The van der Waals surface area contributed by atoms with Crippen LogP contribution in [-0.2, 0) is 4.74 Å². The number of aliphatic imine (C=N–C) groups is 1. The van der Waals surface area contributed by atoms with Gasteiger partial charge in [-0.3, -0.25) is 4.99 Å². The number of carbonyl (C=O) groups is 1. The van der Waals surface area contributed by atoms with Gasteiger partial charge >= 0.3 is 5.97 Å². The van der Waals surface area contributed by atoms with Gasteiger partial charge in [0.25, 0.3) is 0 Å².